The third kappa shape index (κ3) is 4.58. The smallest absolute Gasteiger partial charge is 0.263 e. The summed E-state index contributed by atoms with van der Waals surface area (Å²) in [5.74, 6) is 0.292. The van der Waals surface area contributed by atoms with E-state index in [4.69, 9.17) is 4.74 Å². The van der Waals surface area contributed by atoms with E-state index in [-0.39, 0.29) is 17.7 Å². The Bertz CT molecular complexity index is 660. The van der Waals surface area contributed by atoms with Crippen LogP contribution in [0.25, 0.3) is 0 Å². The number of hydrogen-bond acceptors (Lipinski definition) is 5. The Morgan fingerprint density at radius 1 is 1.07 bits per heavy atom. The monoisotopic (exact) mass is 405 g/mol. The van der Waals surface area contributed by atoms with Gasteiger partial charge in [-0.15, -0.1) is 11.3 Å². The molecule has 28 heavy (non-hydrogen) atoms. The molecule has 3 fully saturated rings. The lowest BCUT2D eigenvalue weighted by Gasteiger charge is -2.42. The number of amides is 2. The molecule has 0 aromatic carbocycles. The summed E-state index contributed by atoms with van der Waals surface area (Å²) in [6.45, 7) is 6.67. The van der Waals surface area contributed by atoms with Crippen molar-refractivity contribution in [1.29, 1.82) is 0 Å². The van der Waals surface area contributed by atoms with Crippen LogP contribution in [0.2, 0.25) is 0 Å². The van der Waals surface area contributed by atoms with Gasteiger partial charge in [0.25, 0.3) is 5.91 Å². The van der Waals surface area contributed by atoms with Gasteiger partial charge in [0.05, 0.1) is 24.0 Å². The maximum atomic E-state index is 13.4. The van der Waals surface area contributed by atoms with E-state index in [9.17, 15) is 9.59 Å². The van der Waals surface area contributed by atoms with Crippen LogP contribution in [0.3, 0.4) is 0 Å². The summed E-state index contributed by atoms with van der Waals surface area (Å²) in [7, 11) is 0. The summed E-state index contributed by atoms with van der Waals surface area (Å²) in [5.41, 5.74) is 0. The van der Waals surface area contributed by atoms with E-state index in [1.807, 2.05) is 22.4 Å². The first-order valence-electron chi connectivity index (χ1n) is 10.7. The molecular formula is C21H31N3O3S. The normalized spacial score (nSPS) is 27.0. The Balaban J connectivity index is 1.39. The number of piperidine rings is 2. The topological polar surface area (TPSA) is 53.1 Å². The molecule has 7 heteroatoms. The van der Waals surface area contributed by atoms with Crippen molar-refractivity contribution in [3.63, 3.8) is 0 Å². The van der Waals surface area contributed by atoms with Crippen LogP contribution < -0.4 is 0 Å². The van der Waals surface area contributed by atoms with Crippen molar-refractivity contribution < 1.29 is 14.3 Å². The zero-order chi connectivity index (χ0) is 19.3. The first-order chi connectivity index (χ1) is 13.7. The quantitative estimate of drug-likeness (QED) is 0.771. The van der Waals surface area contributed by atoms with E-state index in [2.05, 4.69) is 9.80 Å². The Kier molecular flexibility index (Phi) is 6.65. The van der Waals surface area contributed by atoms with Gasteiger partial charge in [-0.05, 0) is 43.6 Å². The van der Waals surface area contributed by atoms with Gasteiger partial charge in [0.1, 0.15) is 0 Å². The standard InChI is InChI=1S/C21H31N3O3S/c25-20(17-5-3-8-23(15-17)21(26)19-7-4-14-28-19)24-9-2-1-6-18(24)16-22-10-12-27-13-11-22/h4,7,14,17-18H,1-3,5-6,8-13,15-16H2. The molecule has 0 spiro atoms. The van der Waals surface area contributed by atoms with Crippen LogP contribution >= 0.6 is 11.3 Å². The van der Waals surface area contributed by atoms with Crippen LogP contribution in [0.1, 0.15) is 41.8 Å². The molecule has 6 nitrogen and oxygen atoms in total. The van der Waals surface area contributed by atoms with Crippen molar-refractivity contribution >= 4 is 23.2 Å². The molecule has 3 aliphatic heterocycles. The first-order valence-corrected chi connectivity index (χ1v) is 11.5. The molecule has 3 saturated heterocycles. The van der Waals surface area contributed by atoms with Crippen molar-refractivity contribution in [3.8, 4) is 0 Å². The number of morpholine rings is 1. The van der Waals surface area contributed by atoms with E-state index >= 15 is 0 Å². The highest BCUT2D eigenvalue weighted by molar-refractivity contribution is 7.12. The molecular weight excluding hydrogens is 374 g/mol. The highest BCUT2D eigenvalue weighted by atomic mass is 32.1. The lowest BCUT2D eigenvalue weighted by atomic mass is 9.93. The summed E-state index contributed by atoms with van der Waals surface area (Å²) in [6, 6.07) is 4.10. The van der Waals surface area contributed by atoms with Crippen molar-refractivity contribution in [3.05, 3.63) is 22.4 Å². The molecule has 154 valence electrons. The second kappa shape index (κ2) is 9.37. The number of carbonyl (C=O) groups is 2. The van der Waals surface area contributed by atoms with Gasteiger partial charge in [0.2, 0.25) is 5.91 Å². The Morgan fingerprint density at radius 2 is 1.93 bits per heavy atom. The number of nitrogens with zero attached hydrogens (tertiary/aromatic N) is 3. The van der Waals surface area contributed by atoms with E-state index in [0.29, 0.717) is 12.6 Å². The van der Waals surface area contributed by atoms with Gasteiger partial charge in [-0.25, -0.2) is 0 Å². The minimum Gasteiger partial charge on any atom is -0.379 e. The van der Waals surface area contributed by atoms with Gasteiger partial charge >= 0.3 is 0 Å². The predicted molar refractivity (Wildman–Crippen MR) is 110 cm³/mol. The molecule has 0 bridgehead atoms. The SMILES string of the molecule is O=C(c1cccs1)N1CCCC(C(=O)N2CCCCC2CN2CCOCC2)C1. The van der Waals surface area contributed by atoms with Crippen LogP contribution in [-0.2, 0) is 9.53 Å². The van der Waals surface area contributed by atoms with E-state index in [1.165, 1.54) is 17.8 Å². The fourth-order valence-corrected chi connectivity index (χ4v) is 5.41. The van der Waals surface area contributed by atoms with Gasteiger partial charge in [0.15, 0.2) is 0 Å². The largest absolute Gasteiger partial charge is 0.379 e. The molecule has 1 aromatic heterocycles. The first kappa shape index (κ1) is 19.9. The summed E-state index contributed by atoms with van der Waals surface area (Å²) in [5, 5.41) is 1.93. The highest BCUT2D eigenvalue weighted by Crippen LogP contribution is 2.26. The lowest BCUT2D eigenvalue weighted by Crippen LogP contribution is -2.54. The van der Waals surface area contributed by atoms with Gasteiger partial charge in [-0.3, -0.25) is 14.5 Å². The van der Waals surface area contributed by atoms with Crippen molar-refractivity contribution in [1.82, 2.24) is 14.7 Å². The van der Waals surface area contributed by atoms with E-state index < -0.39 is 0 Å². The third-order valence-corrected chi connectivity index (χ3v) is 7.13. The van der Waals surface area contributed by atoms with E-state index in [1.54, 1.807) is 0 Å². The number of rotatable bonds is 4. The van der Waals surface area contributed by atoms with Gasteiger partial charge in [-0.2, -0.15) is 0 Å². The Hall–Kier alpha value is -1.44. The average molecular weight is 406 g/mol. The molecule has 0 saturated carbocycles. The van der Waals surface area contributed by atoms with Crippen LogP contribution in [0.15, 0.2) is 17.5 Å². The molecule has 3 aliphatic rings. The molecule has 1 aromatic rings. The second-order valence-corrected chi connectivity index (χ2v) is 9.11. The Morgan fingerprint density at radius 3 is 2.71 bits per heavy atom. The highest BCUT2D eigenvalue weighted by Gasteiger charge is 2.36. The minimum absolute atomic E-state index is 0.0528. The van der Waals surface area contributed by atoms with Crippen LogP contribution in [-0.4, -0.2) is 85.0 Å². The zero-order valence-corrected chi connectivity index (χ0v) is 17.4. The second-order valence-electron chi connectivity index (χ2n) is 8.16. The average Bonchev–Trinajstić information content (AvgIpc) is 3.29. The fourth-order valence-electron chi connectivity index (χ4n) is 4.72. The number of thiophene rings is 1. The van der Waals surface area contributed by atoms with Crippen molar-refractivity contribution in [2.24, 2.45) is 5.92 Å². The van der Waals surface area contributed by atoms with Gasteiger partial charge in [-0.1, -0.05) is 6.07 Å². The molecule has 4 heterocycles. The van der Waals surface area contributed by atoms with Crippen LogP contribution in [0.4, 0.5) is 0 Å². The maximum Gasteiger partial charge on any atom is 0.263 e. The molecule has 0 radical (unpaired) electrons. The fraction of sp³-hybridized carbons (Fsp3) is 0.714. The summed E-state index contributed by atoms with van der Waals surface area (Å²) in [4.78, 5) is 33.4. The van der Waals surface area contributed by atoms with Crippen LogP contribution in [0.5, 0.6) is 0 Å². The molecule has 2 unspecified atom stereocenters. The minimum atomic E-state index is -0.0528. The number of hydrogen-bond donors (Lipinski definition) is 0. The summed E-state index contributed by atoms with van der Waals surface area (Å²) in [6.07, 6.45) is 5.19. The number of ether oxygens (including phenoxy) is 1. The predicted octanol–water partition coefficient (Wildman–Crippen LogP) is 2.31. The lowest BCUT2D eigenvalue weighted by molar-refractivity contribution is -0.141. The molecule has 0 N–H and O–H groups in total. The number of carbonyl (C=O) groups excluding carboxylic acids is 2. The van der Waals surface area contributed by atoms with Gasteiger partial charge < -0.3 is 14.5 Å². The molecule has 4 rings (SSSR count). The zero-order valence-electron chi connectivity index (χ0n) is 16.6. The summed E-state index contributed by atoms with van der Waals surface area (Å²) >= 11 is 1.48. The van der Waals surface area contributed by atoms with Gasteiger partial charge in [0, 0.05) is 45.3 Å². The molecule has 2 amide bonds. The third-order valence-electron chi connectivity index (χ3n) is 6.27. The van der Waals surface area contributed by atoms with Crippen molar-refractivity contribution in [2.45, 2.75) is 38.1 Å². The van der Waals surface area contributed by atoms with E-state index in [0.717, 1.165) is 76.5 Å². The molecule has 0 aliphatic carbocycles. The van der Waals surface area contributed by atoms with Crippen molar-refractivity contribution in [2.75, 3.05) is 52.5 Å². The maximum absolute atomic E-state index is 13.4. The number of likely N-dealkylation sites (tertiary alicyclic amines) is 2. The summed E-state index contributed by atoms with van der Waals surface area (Å²) < 4.78 is 5.46. The Labute approximate surface area is 171 Å². The molecule has 2 atom stereocenters. The van der Waals surface area contributed by atoms with Crippen LogP contribution in [0, 0.1) is 5.92 Å².